The second kappa shape index (κ2) is 4.57. The van der Waals surface area contributed by atoms with Gasteiger partial charge >= 0.3 is 0 Å². The van der Waals surface area contributed by atoms with Gasteiger partial charge in [0.15, 0.2) is 0 Å². The predicted molar refractivity (Wildman–Crippen MR) is 55.1 cm³/mol. The largest absolute Gasteiger partial charge is 0.352 e. The second-order valence-electron chi connectivity index (χ2n) is 3.86. The summed E-state index contributed by atoms with van der Waals surface area (Å²) in [5.74, 6) is -1.60. The molecule has 1 heterocycles. The van der Waals surface area contributed by atoms with E-state index in [1.165, 1.54) is 0 Å². The average molecular weight is 226 g/mol. The molecule has 1 saturated heterocycles. The van der Waals surface area contributed by atoms with Crippen molar-refractivity contribution in [2.45, 2.75) is 0 Å². The molecule has 0 radical (unpaired) electrons. The summed E-state index contributed by atoms with van der Waals surface area (Å²) < 4.78 is 25.8. The molecule has 0 aromatic heterocycles. The van der Waals surface area contributed by atoms with Crippen LogP contribution in [0.25, 0.3) is 0 Å². The first kappa shape index (κ1) is 11.0. The fourth-order valence-corrected chi connectivity index (χ4v) is 1.50. The number of nitrogens with one attached hydrogen (secondary N) is 2. The molecule has 0 atom stereocenters. The van der Waals surface area contributed by atoms with E-state index in [-0.39, 0.29) is 5.56 Å². The van der Waals surface area contributed by atoms with Gasteiger partial charge in [0.25, 0.3) is 5.91 Å². The molecule has 0 saturated carbocycles. The highest BCUT2D eigenvalue weighted by Gasteiger charge is 2.18. The molecule has 1 amide bonds. The summed E-state index contributed by atoms with van der Waals surface area (Å²) in [4.78, 5) is 11.5. The standard InChI is InChI=1S/C11H12F2N2O/c12-8-1-2-9(10(13)3-8)11(16)15-6-7-4-14-5-7/h1-3,7,14H,4-6H2,(H,15,16). The third-order valence-electron chi connectivity index (χ3n) is 2.59. The molecule has 16 heavy (non-hydrogen) atoms. The molecule has 1 aromatic rings. The van der Waals surface area contributed by atoms with E-state index >= 15 is 0 Å². The fraction of sp³-hybridized carbons (Fsp3) is 0.364. The Morgan fingerprint density at radius 3 is 2.75 bits per heavy atom. The van der Waals surface area contributed by atoms with Crippen LogP contribution in [0.4, 0.5) is 8.78 Å². The first-order valence-corrected chi connectivity index (χ1v) is 5.11. The van der Waals surface area contributed by atoms with Gasteiger partial charge in [0.05, 0.1) is 5.56 Å². The minimum Gasteiger partial charge on any atom is -0.352 e. The van der Waals surface area contributed by atoms with Crippen LogP contribution in [0.15, 0.2) is 18.2 Å². The zero-order chi connectivity index (χ0) is 11.5. The van der Waals surface area contributed by atoms with Crippen molar-refractivity contribution in [3.05, 3.63) is 35.4 Å². The summed E-state index contributed by atoms with van der Waals surface area (Å²) in [6.07, 6.45) is 0. The molecule has 0 spiro atoms. The van der Waals surface area contributed by atoms with Gasteiger partial charge in [-0.25, -0.2) is 8.78 Å². The summed E-state index contributed by atoms with van der Waals surface area (Å²) in [6.45, 7) is 2.25. The third kappa shape index (κ3) is 2.36. The molecule has 2 rings (SSSR count). The van der Waals surface area contributed by atoms with Crippen LogP contribution in [0, 0.1) is 17.6 Å². The quantitative estimate of drug-likeness (QED) is 0.804. The molecular weight excluding hydrogens is 214 g/mol. The van der Waals surface area contributed by atoms with Crippen molar-refractivity contribution in [1.82, 2.24) is 10.6 Å². The van der Waals surface area contributed by atoms with Gasteiger partial charge in [0.2, 0.25) is 0 Å². The second-order valence-corrected chi connectivity index (χ2v) is 3.86. The number of carbonyl (C=O) groups is 1. The molecule has 5 heteroatoms. The van der Waals surface area contributed by atoms with Gasteiger partial charge in [-0.1, -0.05) is 0 Å². The Labute approximate surface area is 91.8 Å². The first-order chi connectivity index (χ1) is 7.66. The molecule has 1 fully saturated rings. The normalized spacial score (nSPS) is 15.6. The lowest BCUT2D eigenvalue weighted by atomic mass is 10.0. The Balaban J connectivity index is 1.96. The molecule has 86 valence electrons. The Morgan fingerprint density at radius 2 is 2.19 bits per heavy atom. The van der Waals surface area contributed by atoms with Crippen molar-refractivity contribution in [2.75, 3.05) is 19.6 Å². The average Bonchev–Trinajstić information content (AvgIpc) is 2.14. The Hall–Kier alpha value is -1.49. The van der Waals surface area contributed by atoms with E-state index in [0.29, 0.717) is 18.5 Å². The molecule has 1 aliphatic rings. The highest BCUT2D eigenvalue weighted by molar-refractivity contribution is 5.94. The van der Waals surface area contributed by atoms with E-state index in [9.17, 15) is 13.6 Å². The monoisotopic (exact) mass is 226 g/mol. The van der Waals surface area contributed by atoms with Gasteiger partial charge in [-0.05, 0) is 12.1 Å². The van der Waals surface area contributed by atoms with Crippen molar-refractivity contribution in [3.63, 3.8) is 0 Å². The number of halogens is 2. The van der Waals surface area contributed by atoms with Gasteiger partial charge in [0, 0.05) is 31.6 Å². The maximum absolute atomic E-state index is 13.2. The number of rotatable bonds is 3. The number of amides is 1. The van der Waals surface area contributed by atoms with Crippen molar-refractivity contribution < 1.29 is 13.6 Å². The van der Waals surface area contributed by atoms with Crippen LogP contribution in [0.3, 0.4) is 0 Å². The van der Waals surface area contributed by atoms with E-state index in [2.05, 4.69) is 10.6 Å². The Morgan fingerprint density at radius 1 is 1.44 bits per heavy atom. The molecule has 0 bridgehead atoms. The number of hydrogen-bond donors (Lipinski definition) is 2. The summed E-state index contributed by atoms with van der Waals surface area (Å²) in [7, 11) is 0. The summed E-state index contributed by atoms with van der Waals surface area (Å²) in [5.41, 5.74) is -0.117. The van der Waals surface area contributed by atoms with Crippen LogP contribution in [0.1, 0.15) is 10.4 Å². The first-order valence-electron chi connectivity index (χ1n) is 5.11. The van der Waals surface area contributed by atoms with Gasteiger partial charge in [-0.2, -0.15) is 0 Å². The maximum atomic E-state index is 13.2. The SMILES string of the molecule is O=C(NCC1CNC1)c1ccc(F)cc1F. The van der Waals surface area contributed by atoms with E-state index in [1.54, 1.807) is 0 Å². The summed E-state index contributed by atoms with van der Waals surface area (Å²) in [5, 5.41) is 5.69. The number of hydrogen-bond acceptors (Lipinski definition) is 2. The number of carbonyl (C=O) groups excluding carboxylic acids is 1. The topological polar surface area (TPSA) is 41.1 Å². The summed E-state index contributed by atoms with van der Waals surface area (Å²) in [6, 6.07) is 2.93. The molecule has 0 aliphatic carbocycles. The van der Waals surface area contributed by atoms with Gasteiger partial charge < -0.3 is 10.6 Å². The summed E-state index contributed by atoms with van der Waals surface area (Å²) >= 11 is 0. The van der Waals surface area contributed by atoms with Crippen LogP contribution >= 0.6 is 0 Å². The Kier molecular flexibility index (Phi) is 3.14. The van der Waals surface area contributed by atoms with Crippen molar-refractivity contribution in [2.24, 2.45) is 5.92 Å². The highest BCUT2D eigenvalue weighted by atomic mass is 19.1. The van der Waals surface area contributed by atoms with Gasteiger partial charge in [0.1, 0.15) is 11.6 Å². The van der Waals surface area contributed by atoms with Crippen molar-refractivity contribution in [1.29, 1.82) is 0 Å². The minimum atomic E-state index is -0.829. The zero-order valence-electron chi connectivity index (χ0n) is 8.59. The van der Waals surface area contributed by atoms with Crippen LogP contribution < -0.4 is 10.6 Å². The van der Waals surface area contributed by atoms with Crippen LogP contribution in [-0.4, -0.2) is 25.5 Å². The molecule has 1 aliphatic heterocycles. The lowest BCUT2D eigenvalue weighted by Crippen LogP contribution is -2.48. The van der Waals surface area contributed by atoms with Crippen LogP contribution in [-0.2, 0) is 0 Å². The van der Waals surface area contributed by atoms with Crippen LogP contribution in [0.2, 0.25) is 0 Å². The molecule has 1 aromatic carbocycles. The zero-order valence-corrected chi connectivity index (χ0v) is 8.59. The lowest BCUT2D eigenvalue weighted by Gasteiger charge is -2.27. The van der Waals surface area contributed by atoms with Crippen LogP contribution in [0.5, 0.6) is 0 Å². The smallest absolute Gasteiger partial charge is 0.254 e. The van der Waals surface area contributed by atoms with E-state index in [4.69, 9.17) is 0 Å². The molecule has 2 N–H and O–H groups in total. The molecular formula is C11H12F2N2O. The lowest BCUT2D eigenvalue weighted by molar-refractivity contribution is 0.0938. The van der Waals surface area contributed by atoms with E-state index in [0.717, 1.165) is 25.2 Å². The van der Waals surface area contributed by atoms with Gasteiger partial charge in [-0.15, -0.1) is 0 Å². The van der Waals surface area contributed by atoms with E-state index < -0.39 is 17.5 Å². The fourth-order valence-electron chi connectivity index (χ4n) is 1.50. The highest BCUT2D eigenvalue weighted by Crippen LogP contribution is 2.09. The maximum Gasteiger partial charge on any atom is 0.254 e. The molecule has 3 nitrogen and oxygen atoms in total. The number of benzene rings is 1. The van der Waals surface area contributed by atoms with Crippen molar-refractivity contribution in [3.8, 4) is 0 Å². The minimum absolute atomic E-state index is 0.117. The van der Waals surface area contributed by atoms with Gasteiger partial charge in [-0.3, -0.25) is 4.79 Å². The third-order valence-corrected chi connectivity index (χ3v) is 2.59. The Bertz CT molecular complexity index is 405. The van der Waals surface area contributed by atoms with E-state index in [1.807, 2.05) is 0 Å². The van der Waals surface area contributed by atoms with Crippen molar-refractivity contribution >= 4 is 5.91 Å². The molecule has 0 unspecified atom stereocenters. The predicted octanol–water partition coefficient (Wildman–Crippen LogP) is 0.914.